The predicted molar refractivity (Wildman–Crippen MR) is 102 cm³/mol. The lowest BCUT2D eigenvalue weighted by Gasteiger charge is -2.29. The van der Waals surface area contributed by atoms with Crippen LogP contribution in [0.5, 0.6) is 0 Å². The van der Waals surface area contributed by atoms with Crippen LogP contribution in [0.15, 0.2) is 84.9 Å². The van der Waals surface area contributed by atoms with Crippen molar-refractivity contribution in [2.24, 2.45) is 0 Å². The molecule has 1 aliphatic carbocycles. The summed E-state index contributed by atoms with van der Waals surface area (Å²) in [7, 11) is 0. The van der Waals surface area contributed by atoms with Crippen LogP contribution in [-0.4, -0.2) is 0 Å². The Labute approximate surface area is 145 Å². The molecule has 0 aliphatic heterocycles. The Morgan fingerprint density at radius 3 is 1.38 bits per heavy atom. The van der Waals surface area contributed by atoms with Crippen LogP contribution in [0.3, 0.4) is 0 Å². The van der Waals surface area contributed by atoms with E-state index >= 15 is 0 Å². The minimum atomic E-state index is 0.731. The Kier molecular flexibility index (Phi) is 4.46. The Balaban J connectivity index is 1.43. The van der Waals surface area contributed by atoms with Crippen LogP contribution in [0.2, 0.25) is 0 Å². The Hall–Kier alpha value is -2.34. The smallest absolute Gasteiger partial charge is 0.0162 e. The molecule has 0 bridgehead atoms. The van der Waals surface area contributed by atoms with Crippen molar-refractivity contribution < 1.29 is 0 Å². The van der Waals surface area contributed by atoms with Gasteiger partial charge < -0.3 is 0 Å². The van der Waals surface area contributed by atoms with E-state index in [1.165, 1.54) is 47.9 Å². The van der Waals surface area contributed by atoms with E-state index in [1.807, 2.05) is 0 Å². The van der Waals surface area contributed by atoms with Crippen LogP contribution in [0.25, 0.3) is 11.1 Å². The summed E-state index contributed by atoms with van der Waals surface area (Å²) in [5, 5.41) is 0. The minimum absolute atomic E-state index is 0.731. The lowest BCUT2D eigenvalue weighted by atomic mass is 9.76. The van der Waals surface area contributed by atoms with Gasteiger partial charge in [0.1, 0.15) is 0 Å². The van der Waals surface area contributed by atoms with E-state index in [9.17, 15) is 0 Å². The molecular weight excluding hydrogens is 288 g/mol. The average Bonchev–Trinajstić information content (AvgIpc) is 2.70. The minimum Gasteiger partial charge on any atom is -0.0622 e. The van der Waals surface area contributed by atoms with E-state index in [1.54, 1.807) is 0 Å². The zero-order valence-electron chi connectivity index (χ0n) is 14.1. The van der Waals surface area contributed by atoms with Crippen LogP contribution >= 0.6 is 0 Å². The van der Waals surface area contributed by atoms with Crippen LogP contribution in [-0.2, 0) is 0 Å². The van der Waals surface area contributed by atoms with E-state index in [4.69, 9.17) is 0 Å². The number of benzene rings is 3. The van der Waals surface area contributed by atoms with Gasteiger partial charge in [-0.05, 0) is 59.8 Å². The maximum absolute atomic E-state index is 2.34. The molecule has 0 saturated heterocycles. The Morgan fingerprint density at radius 1 is 0.417 bits per heavy atom. The van der Waals surface area contributed by atoms with Gasteiger partial charge in [-0.2, -0.15) is 0 Å². The quantitative estimate of drug-likeness (QED) is 0.499. The first kappa shape index (κ1) is 15.2. The largest absolute Gasteiger partial charge is 0.0622 e. The second-order valence-electron chi connectivity index (χ2n) is 6.95. The highest BCUT2D eigenvalue weighted by molar-refractivity contribution is 5.63. The summed E-state index contributed by atoms with van der Waals surface area (Å²) in [6.45, 7) is 0. The van der Waals surface area contributed by atoms with Crippen molar-refractivity contribution in [2.45, 2.75) is 37.5 Å². The van der Waals surface area contributed by atoms with Gasteiger partial charge in [-0.1, -0.05) is 84.9 Å². The third-order valence-corrected chi connectivity index (χ3v) is 5.49. The highest BCUT2D eigenvalue weighted by atomic mass is 14.3. The Morgan fingerprint density at radius 2 is 0.833 bits per heavy atom. The molecule has 0 unspecified atom stereocenters. The van der Waals surface area contributed by atoms with E-state index in [2.05, 4.69) is 84.9 Å². The molecule has 4 rings (SSSR count). The second-order valence-corrected chi connectivity index (χ2v) is 6.95. The third-order valence-electron chi connectivity index (χ3n) is 5.49. The monoisotopic (exact) mass is 312 g/mol. The van der Waals surface area contributed by atoms with Crippen molar-refractivity contribution >= 4 is 0 Å². The van der Waals surface area contributed by atoms with Crippen molar-refractivity contribution in [3.05, 3.63) is 96.1 Å². The fourth-order valence-corrected chi connectivity index (χ4v) is 4.06. The molecule has 0 heterocycles. The van der Waals surface area contributed by atoms with Crippen LogP contribution in [0.1, 0.15) is 48.6 Å². The molecule has 0 nitrogen and oxygen atoms in total. The van der Waals surface area contributed by atoms with E-state index in [0.29, 0.717) is 0 Å². The molecule has 1 aliphatic rings. The first-order valence-corrected chi connectivity index (χ1v) is 9.10. The lowest BCUT2D eigenvalue weighted by molar-refractivity contribution is 0.396. The van der Waals surface area contributed by atoms with Crippen molar-refractivity contribution in [1.82, 2.24) is 0 Å². The van der Waals surface area contributed by atoms with Crippen molar-refractivity contribution in [3.8, 4) is 11.1 Å². The number of hydrogen-bond donors (Lipinski definition) is 0. The topological polar surface area (TPSA) is 0 Å². The van der Waals surface area contributed by atoms with Gasteiger partial charge in [0.15, 0.2) is 0 Å². The summed E-state index contributed by atoms with van der Waals surface area (Å²) in [4.78, 5) is 0. The van der Waals surface area contributed by atoms with E-state index in [0.717, 1.165) is 11.8 Å². The molecular formula is C24H24. The lowest BCUT2D eigenvalue weighted by Crippen LogP contribution is -2.12. The molecule has 0 aromatic heterocycles. The van der Waals surface area contributed by atoms with Gasteiger partial charge in [-0.25, -0.2) is 0 Å². The fraction of sp³-hybridized carbons (Fsp3) is 0.250. The third kappa shape index (κ3) is 3.28. The molecule has 0 atom stereocenters. The van der Waals surface area contributed by atoms with Gasteiger partial charge in [0.2, 0.25) is 0 Å². The van der Waals surface area contributed by atoms with Gasteiger partial charge in [-0.3, -0.25) is 0 Å². The summed E-state index contributed by atoms with van der Waals surface area (Å²) >= 11 is 0. The highest BCUT2D eigenvalue weighted by Crippen LogP contribution is 2.40. The number of hydrogen-bond acceptors (Lipinski definition) is 0. The van der Waals surface area contributed by atoms with Gasteiger partial charge in [0, 0.05) is 0 Å². The molecule has 0 heteroatoms. The second kappa shape index (κ2) is 7.05. The van der Waals surface area contributed by atoms with E-state index < -0.39 is 0 Å². The highest BCUT2D eigenvalue weighted by Gasteiger charge is 2.23. The summed E-state index contributed by atoms with van der Waals surface area (Å²) in [5.41, 5.74) is 5.66. The number of rotatable bonds is 3. The predicted octanol–water partition coefficient (Wildman–Crippen LogP) is 6.80. The maximum Gasteiger partial charge on any atom is -0.0162 e. The van der Waals surface area contributed by atoms with Crippen molar-refractivity contribution in [2.75, 3.05) is 0 Å². The zero-order chi connectivity index (χ0) is 16.2. The molecule has 120 valence electrons. The summed E-state index contributed by atoms with van der Waals surface area (Å²) in [5.74, 6) is 1.49. The fourth-order valence-electron chi connectivity index (χ4n) is 4.06. The molecule has 0 radical (unpaired) electrons. The zero-order valence-corrected chi connectivity index (χ0v) is 14.1. The molecule has 0 spiro atoms. The van der Waals surface area contributed by atoms with Crippen LogP contribution < -0.4 is 0 Å². The van der Waals surface area contributed by atoms with Crippen LogP contribution in [0, 0.1) is 0 Å². The summed E-state index contributed by atoms with van der Waals surface area (Å²) in [6.07, 6.45) is 5.25. The molecule has 1 saturated carbocycles. The van der Waals surface area contributed by atoms with Crippen molar-refractivity contribution in [1.29, 1.82) is 0 Å². The molecule has 3 aromatic carbocycles. The van der Waals surface area contributed by atoms with Gasteiger partial charge in [0.25, 0.3) is 0 Å². The van der Waals surface area contributed by atoms with Crippen LogP contribution in [0.4, 0.5) is 0 Å². The van der Waals surface area contributed by atoms with Gasteiger partial charge >= 0.3 is 0 Å². The van der Waals surface area contributed by atoms with Crippen molar-refractivity contribution in [3.63, 3.8) is 0 Å². The molecule has 3 aromatic rings. The maximum atomic E-state index is 2.34. The standard InChI is InChI=1S/C24H24/c1-3-7-19(8-4-1)21-11-15-23(16-12-21)24-17-13-22(14-18-24)20-9-5-2-6-10-20/h1-12,15-16,22,24H,13-14,17-18H2. The van der Waals surface area contributed by atoms with Gasteiger partial charge in [-0.15, -0.1) is 0 Å². The van der Waals surface area contributed by atoms with Gasteiger partial charge in [0.05, 0.1) is 0 Å². The molecule has 0 amide bonds. The summed E-state index contributed by atoms with van der Waals surface area (Å²) in [6, 6.07) is 30.9. The van der Waals surface area contributed by atoms with E-state index in [-0.39, 0.29) is 0 Å². The first-order chi connectivity index (χ1) is 11.9. The first-order valence-electron chi connectivity index (χ1n) is 9.10. The molecule has 1 fully saturated rings. The SMILES string of the molecule is c1ccc(-c2ccc(C3CCC(c4ccccc4)CC3)cc2)cc1. The molecule has 24 heavy (non-hydrogen) atoms. The average molecular weight is 312 g/mol. The molecule has 0 N–H and O–H groups in total. The summed E-state index contributed by atoms with van der Waals surface area (Å²) < 4.78 is 0. The Bertz CT molecular complexity index is 748. The normalized spacial score (nSPS) is 20.7.